The molecule has 2 N–H and O–H groups in total. The predicted octanol–water partition coefficient (Wildman–Crippen LogP) is 6.84. The van der Waals surface area contributed by atoms with Gasteiger partial charge in [-0.15, -0.1) is 11.8 Å². The van der Waals surface area contributed by atoms with Crippen LogP contribution in [-0.2, 0) is 15.8 Å². The molecular weight excluding hydrogens is 558 g/mol. The van der Waals surface area contributed by atoms with Crippen molar-refractivity contribution >= 4 is 62.1 Å². The number of amides is 1. The number of methoxy groups -OCH3 is 1. The zero-order valence-corrected chi connectivity index (χ0v) is 22.9. The van der Waals surface area contributed by atoms with Crippen LogP contribution in [0.5, 0.6) is 5.75 Å². The Balaban J connectivity index is 1.50. The normalized spacial score (nSPS) is 11.3. The van der Waals surface area contributed by atoms with E-state index in [1.165, 1.54) is 23.9 Å². The third-order valence-corrected chi connectivity index (χ3v) is 8.60. The number of rotatable bonds is 9. The Morgan fingerprint density at radius 3 is 2.44 bits per heavy atom. The number of aromatic nitrogens is 1. The number of nitrogens with one attached hydrogen (secondary N) is 2. The maximum absolute atomic E-state index is 13.6. The minimum Gasteiger partial charge on any atom is -0.497 e. The summed E-state index contributed by atoms with van der Waals surface area (Å²) in [5.41, 5.74) is 2.42. The molecule has 39 heavy (non-hydrogen) atoms. The van der Waals surface area contributed by atoms with E-state index in [2.05, 4.69) is 15.0 Å². The van der Waals surface area contributed by atoms with E-state index in [9.17, 15) is 13.2 Å². The molecule has 0 unspecified atom stereocenters. The first-order valence-corrected chi connectivity index (χ1v) is 14.5. The summed E-state index contributed by atoms with van der Waals surface area (Å²) in [6.07, 6.45) is 0. The molecule has 5 aromatic rings. The number of carbonyl (C=O) groups is 1. The van der Waals surface area contributed by atoms with E-state index in [1.54, 1.807) is 55.6 Å². The van der Waals surface area contributed by atoms with Crippen LogP contribution >= 0.6 is 23.4 Å². The number of carbonyl (C=O) groups excluding carboxylic acids is 1. The highest BCUT2D eigenvalue weighted by atomic mass is 35.5. The third kappa shape index (κ3) is 6.19. The molecule has 0 atom stereocenters. The van der Waals surface area contributed by atoms with Gasteiger partial charge in [-0.25, -0.2) is 13.1 Å². The SMILES string of the molecule is COc1ccc(NC(=O)c2cc(S(=O)(=O)Nc3nc4ccccc4o3)c(SCc3ccccc3)cc2Cl)cc1. The molecule has 1 heterocycles. The highest BCUT2D eigenvalue weighted by Gasteiger charge is 2.26. The van der Waals surface area contributed by atoms with Crippen molar-refractivity contribution in [1.29, 1.82) is 0 Å². The lowest BCUT2D eigenvalue weighted by atomic mass is 10.2. The summed E-state index contributed by atoms with van der Waals surface area (Å²) >= 11 is 7.80. The molecule has 0 radical (unpaired) electrons. The second-order valence-corrected chi connectivity index (χ2v) is 11.4. The first-order chi connectivity index (χ1) is 18.8. The number of halogens is 1. The number of hydrogen-bond acceptors (Lipinski definition) is 7. The van der Waals surface area contributed by atoms with Crippen LogP contribution in [0.3, 0.4) is 0 Å². The van der Waals surface area contributed by atoms with Crippen molar-refractivity contribution in [2.45, 2.75) is 15.5 Å². The average Bonchev–Trinajstić information content (AvgIpc) is 3.34. The van der Waals surface area contributed by atoms with Gasteiger partial charge in [0.05, 0.1) is 17.7 Å². The fraction of sp³-hybridized carbons (Fsp3) is 0.0714. The molecule has 0 aliphatic carbocycles. The highest BCUT2D eigenvalue weighted by Crippen LogP contribution is 2.35. The van der Waals surface area contributed by atoms with E-state index in [0.717, 1.165) is 5.56 Å². The second kappa shape index (κ2) is 11.4. The van der Waals surface area contributed by atoms with Gasteiger partial charge in [0, 0.05) is 16.3 Å². The number of ether oxygens (including phenoxy) is 1. The molecule has 0 saturated carbocycles. The van der Waals surface area contributed by atoms with E-state index >= 15 is 0 Å². The smallest absolute Gasteiger partial charge is 0.309 e. The Morgan fingerprint density at radius 1 is 1.00 bits per heavy atom. The Kier molecular flexibility index (Phi) is 7.78. The van der Waals surface area contributed by atoms with E-state index in [4.69, 9.17) is 20.8 Å². The van der Waals surface area contributed by atoms with Crippen LogP contribution in [0.1, 0.15) is 15.9 Å². The van der Waals surface area contributed by atoms with Crippen molar-refractivity contribution in [1.82, 2.24) is 4.98 Å². The van der Waals surface area contributed by atoms with Crippen molar-refractivity contribution in [3.63, 3.8) is 0 Å². The van der Waals surface area contributed by atoms with Crippen molar-refractivity contribution in [2.75, 3.05) is 17.1 Å². The number of para-hydroxylation sites is 2. The molecule has 0 spiro atoms. The van der Waals surface area contributed by atoms with Crippen molar-refractivity contribution in [3.05, 3.63) is 107 Å². The molecule has 0 aliphatic rings. The molecule has 8 nitrogen and oxygen atoms in total. The lowest BCUT2D eigenvalue weighted by Crippen LogP contribution is -2.17. The van der Waals surface area contributed by atoms with Crippen LogP contribution in [0.4, 0.5) is 11.7 Å². The molecule has 0 bridgehead atoms. The van der Waals surface area contributed by atoms with Gasteiger partial charge in [0.25, 0.3) is 15.9 Å². The summed E-state index contributed by atoms with van der Waals surface area (Å²) in [7, 11) is -2.69. The van der Waals surface area contributed by atoms with Crippen LogP contribution in [0.15, 0.2) is 105 Å². The largest absolute Gasteiger partial charge is 0.497 e. The van der Waals surface area contributed by atoms with Gasteiger partial charge in [-0.3, -0.25) is 4.79 Å². The van der Waals surface area contributed by atoms with Crippen LogP contribution < -0.4 is 14.8 Å². The number of anilines is 2. The molecule has 1 amide bonds. The number of oxazole rings is 1. The topological polar surface area (TPSA) is 111 Å². The minimum atomic E-state index is -4.23. The fourth-order valence-electron chi connectivity index (χ4n) is 3.73. The Morgan fingerprint density at radius 2 is 1.72 bits per heavy atom. The lowest BCUT2D eigenvalue weighted by molar-refractivity contribution is 0.102. The first-order valence-electron chi connectivity index (χ1n) is 11.7. The third-order valence-electron chi connectivity index (χ3n) is 5.67. The van der Waals surface area contributed by atoms with Crippen LogP contribution in [-0.4, -0.2) is 26.4 Å². The molecule has 0 fully saturated rings. The summed E-state index contributed by atoms with van der Waals surface area (Å²) in [5.74, 6) is 0.549. The monoisotopic (exact) mass is 579 g/mol. The summed E-state index contributed by atoms with van der Waals surface area (Å²) < 4.78 is 40.3. The van der Waals surface area contributed by atoms with E-state index in [-0.39, 0.29) is 21.5 Å². The van der Waals surface area contributed by atoms with Gasteiger partial charge in [0.15, 0.2) is 5.58 Å². The van der Waals surface area contributed by atoms with Crippen molar-refractivity contribution in [2.24, 2.45) is 0 Å². The van der Waals surface area contributed by atoms with Crippen molar-refractivity contribution in [3.8, 4) is 5.75 Å². The number of fused-ring (bicyclic) bond motifs is 1. The molecule has 0 saturated heterocycles. The van der Waals surface area contributed by atoms with Crippen LogP contribution in [0.25, 0.3) is 11.1 Å². The molecule has 1 aromatic heterocycles. The highest BCUT2D eigenvalue weighted by molar-refractivity contribution is 7.99. The second-order valence-electron chi connectivity index (χ2n) is 8.33. The van der Waals surface area contributed by atoms with Gasteiger partial charge in [-0.2, -0.15) is 4.98 Å². The van der Waals surface area contributed by atoms with Gasteiger partial charge in [-0.1, -0.05) is 54.1 Å². The zero-order chi connectivity index (χ0) is 27.4. The number of hydrogen-bond donors (Lipinski definition) is 2. The molecule has 4 aromatic carbocycles. The molecule has 0 aliphatic heterocycles. The average molecular weight is 580 g/mol. The molecule has 11 heteroatoms. The summed E-state index contributed by atoms with van der Waals surface area (Å²) in [4.78, 5) is 17.6. The van der Waals surface area contributed by atoms with Gasteiger partial charge >= 0.3 is 6.01 Å². The Bertz CT molecular complexity index is 1710. The van der Waals surface area contributed by atoms with E-state index in [1.807, 2.05) is 30.3 Å². The zero-order valence-electron chi connectivity index (χ0n) is 20.6. The minimum absolute atomic E-state index is 0.00511. The maximum atomic E-state index is 13.6. The fourth-order valence-corrected chi connectivity index (χ4v) is 6.49. The van der Waals surface area contributed by atoms with Crippen LogP contribution in [0.2, 0.25) is 5.02 Å². The molecule has 5 rings (SSSR count). The van der Waals surface area contributed by atoms with Gasteiger partial charge in [-0.05, 0) is 54.1 Å². The van der Waals surface area contributed by atoms with Gasteiger partial charge < -0.3 is 14.5 Å². The standard InChI is InChI=1S/C28H22ClN3O5S2/c1-36-20-13-11-19(12-14-20)30-27(33)21-15-26(25(16-22(21)29)38-17-18-7-3-2-4-8-18)39(34,35)32-28-31-23-9-5-6-10-24(23)37-28/h2-16H,17H2,1H3,(H,30,33)(H,31,32). The molecular formula is C28H22ClN3O5S2. The lowest BCUT2D eigenvalue weighted by Gasteiger charge is -2.14. The van der Waals surface area contributed by atoms with Gasteiger partial charge in [0.1, 0.15) is 16.2 Å². The van der Waals surface area contributed by atoms with E-state index in [0.29, 0.717) is 33.2 Å². The number of nitrogens with zero attached hydrogens (tertiary/aromatic N) is 1. The van der Waals surface area contributed by atoms with Crippen LogP contribution in [0, 0.1) is 0 Å². The number of sulfonamides is 1. The summed E-state index contributed by atoms with van der Waals surface area (Å²) in [6.45, 7) is 0. The van der Waals surface area contributed by atoms with Gasteiger partial charge in [0.2, 0.25) is 0 Å². The quantitative estimate of drug-likeness (QED) is 0.184. The summed E-state index contributed by atoms with van der Waals surface area (Å²) in [5, 5.41) is 2.85. The Hall–Kier alpha value is -3.99. The predicted molar refractivity (Wildman–Crippen MR) is 153 cm³/mol. The maximum Gasteiger partial charge on any atom is 0.309 e. The summed E-state index contributed by atoms with van der Waals surface area (Å²) in [6, 6.07) is 25.8. The van der Waals surface area contributed by atoms with E-state index < -0.39 is 15.9 Å². The molecule has 198 valence electrons. The number of benzene rings is 4. The first kappa shape index (κ1) is 26.6. The Labute approximate surface area is 234 Å². The van der Waals surface area contributed by atoms with Crippen molar-refractivity contribution < 1.29 is 22.4 Å². The number of thioether (sulfide) groups is 1.